The summed E-state index contributed by atoms with van der Waals surface area (Å²) in [7, 11) is 4.90. The Morgan fingerprint density at radius 2 is 1.12 bits per heavy atom. The van der Waals surface area contributed by atoms with Crippen LogP contribution in [0.1, 0.15) is 49.7 Å². The number of nitrogens with zero attached hydrogens (tertiary/aromatic N) is 2. The van der Waals surface area contributed by atoms with Crippen LogP contribution in [-0.4, -0.2) is 62.3 Å². The highest BCUT2D eigenvalue weighted by atomic mass is 15.3. The molecule has 1 aromatic rings. The third-order valence-electron chi connectivity index (χ3n) is 6.61. The van der Waals surface area contributed by atoms with Gasteiger partial charge in [0.15, 0.2) is 0 Å². The van der Waals surface area contributed by atoms with Gasteiger partial charge in [-0.2, -0.15) is 0 Å². The molecule has 0 bridgehead atoms. The molecule has 2 nitrogen and oxygen atoms in total. The molecule has 2 aliphatic rings. The van der Waals surface area contributed by atoms with Crippen LogP contribution in [-0.2, 0) is 12.8 Å². The van der Waals surface area contributed by atoms with Crippen molar-refractivity contribution in [3.05, 3.63) is 35.4 Å². The minimum absolute atomic E-state index is 1.26. The lowest BCUT2D eigenvalue weighted by molar-refractivity contribution is -0.897. The summed E-state index contributed by atoms with van der Waals surface area (Å²) < 4.78 is 2.63. The van der Waals surface area contributed by atoms with Gasteiger partial charge in [0.05, 0.1) is 53.4 Å². The third kappa shape index (κ3) is 5.07. The zero-order valence-electron chi connectivity index (χ0n) is 16.1. The zero-order chi connectivity index (χ0) is 16.9. The van der Waals surface area contributed by atoms with Crippen LogP contribution in [0.15, 0.2) is 24.3 Å². The zero-order valence-corrected chi connectivity index (χ0v) is 16.1. The maximum Gasteiger partial charge on any atom is 0.0787 e. The van der Waals surface area contributed by atoms with E-state index in [-0.39, 0.29) is 0 Å². The van der Waals surface area contributed by atoms with Crippen LogP contribution < -0.4 is 0 Å². The van der Waals surface area contributed by atoms with Gasteiger partial charge >= 0.3 is 0 Å². The Kier molecular flexibility index (Phi) is 5.99. The van der Waals surface area contributed by atoms with Gasteiger partial charge in [0.1, 0.15) is 0 Å². The van der Waals surface area contributed by atoms with E-state index in [1.807, 2.05) is 0 Å². The standard InChI is InChI=1S/C22H38N2/c1-23(14-3-4-15-23)18-8-12-21-10-7-11-22(20-21)13-9-19-24(2)16-5-6-17-24/h7,10-11,20H,3-6,8-9,12-19H2,1-2H3/q+2. The largest absolute Gasteiger partial charge is 0.326 e. The van der Waals surface area contributed by atoms with E-state index < -0.39 is 0 Å². The number of rotatable bonds is 8. The van der Waals surface area contributed by atoms with E-state index in [1.54, 1.807) is 11.1 Å². The van der Waals surface area contributed by atoms with Crippen LogP contribution in [0.5, 0.6) is 0 Å². The van der Waals surface area contributed by atoms with Crippen molar-refractivity contribution in [2.75, 3.05) is 53.4 Å². The fraction of sp³-hybridized carbons (Fsp3) is 0.727. The Morgan fingerprint density at radius 3 is 1.54 bits per heavy atom. The molecular formula is C22H38N2+2. The number of hydrogen-bond donors (Lipinski definition) is 0. The summed E-state index contributed by atoms with van der Waals surface area (Å²) >= 11 is 0. The number of aryl methyl sites for hydroxylation is 2. The smallest absolute Gasteiger partial charge is 0.0787 e. The van der Waals surface area contributed by atoms with Crippen molar-refractivity contribution in [2.24, 2.45) is 0 Å². The summed E-state index contributed by atoms with van der Waals surface area (Å²) in [4.78, 5) is 0. The summed E-state index contributed by atoms with van der Waals surface area (Å²) in [5.74, 6) is 0. The minimum atomic E-state index is 1.26. The number of hydrogen-bond acceptors (Lipinski definition) is 0. The van der Waals surface area contributed by atoms with Crippen molar-refractivity contribution in [3.63, 3.8) is 0 Å². The van der Waals surface area contributed by atoms with Crippen LogP contribution in [0.3, 0.4) is 0 Å². The molecule has 2 fully saturated rings. The van der Waals surface area contributed by atoms with E-state index >= 15 is 0 Å². The van der Waals surface area contributed by atoms with Gasteiger partial charge in [-0.05, 0) is 24.0 Å². The molecule has 0 amide bonds. The second-order valence-electron chi connectivity index (χ2n) is 9.02. The second-order valence-corrected chi connectivity index (χ2v) is 9.02. The molecule has 0 atom stereocenters. The molecular weight excluding hydrogens is 292 g/mol. The quantitative estimate of drug-likeness (QED) is 0.631. The Labute approximate surface area is 149 Å². The maximum absolute atomic E-state index is 2.48. The molecule has 1 aromatic carbocycles. The fourth-order valence-corrected chi connectivity index (χ4v) is 4.92. The van der Waals surface area contributed by atoms with Crippen LogP contribution in [0.4, 0.5) is 0 Å². The van der Waals surface area contributed by atoms with E-state index in [4.69, 9.17) is 0 Å². The van der Waals surface area contributed by atoms with Gasteiger partial charge in [0.25, 0.3) is 0 Å². The first kappa shape index (κ1) is 17.9. The van der Waals surface area contributed by atoms with Crippen molar-refractivity contribution < 1.29 is 8.97 Å². The average Bonchev–Trinajstić information content (AvgIpc) is 3.17. The molecule has 0 spiro atoms. The number of benzene rings is 1. The Bertz CT molecular complexity index is 467. The second kappa shape index (κ2) is 8.01. The lowest BCUT2D eigenvalue weighted by Gasteiger charge is -2.29. The lowest BCUT2D eigenvalue weighted by Crippen LogP contribution is -2.41. The molecule has 0 aromatic heterocycles. The maximum atomic E-state index is 2.48. The molecule has 134 valence electrons. The summed E-state index contributed by atoms with van der Waals surface area (Å²) in [6.45, 7) is 8.32. The van der Waals surface area contributed by atoms with Crippen LogP contribution in [0.2, 0.25) is 0 Å². The minimum Gasteiger partial charge on any atom is -0.326 e. The van der Waals surface area contributed by atoms with Gasteiger partial charge in [-0.3, -0.25) is 0 Å². The van der Waals surface area contributed by atoms with Gasteiger partial charge < -0.3 is 8.97 Å². The van der Waals surface area contributed by atoms with Crippen molar-refractivity contribution in [3.8, 4) is 0 Å². The average molecular weight is 331 g/mol. The van der Waals surface area contributed by atoms with Crippen LogP contribution in [0.25, 0.3) is 0 Å². The molecule has 0 unspecified atom stereocenters. The van der Waals surface area contributed by atoms with E-state index in [1.165, 1.54) is 99.6 Å². The molecule has 2 saturated heterocycles. The summed E-state index contributed by atoms with van der Waals surface area (Å²) in [6.07, 6.45) is 10.9. The molecule has 2 heterocycles. The predicted molar refractivity (Wildman–Crippen MR) is 103 cm³/mol. The molecule has 2 aliphatic heterocycles. The highest BCUT2D eigenvalue weighted by Gasteiger charge is 2.26. The van der Waals surface area contributed by atoms with E-state index in [2.05, 4.69) is 38.4 Å². The van der Waals surface area contributed by atoms with E-state index in [0.29, 0.717) is 0 Å². The Morgan fingerprint density at radius 1 is 0.708 bits per heavy atom. The fourth-order valence-electron chi connectivity index (χ4n) is 4.92. The normalized spacial score (nSPS) is 22.1. The summed E-state index contributed by atoms with van der Waals surface area (Å²) in [5.41, 5.74) is 3.11. The molecule has 0 N–H and O–H groups in total. The number of quaternary nitrogens is 2. The molecule has 2 heteroatoms. The Balaban J connectivity index is 1.42. The van der Waals surface area contributed by atoms with Gasteiger partial charge in [-0.25, -0.2) is 0 Å². The third-order valence-corrected chi connectivity index (χ3v) is 6.61. The molecule has 24 heavy (non-hydrogen) atoms. The van der Waals surface area contributed by atoms with Crippen molar-refractivity contribution >= 4 is 0 Å². The van der Waals surface area contributed by atoms with Crippen LogP contribution in [0, 0.1) is 0 Å². The first-order chi connectivity index (χ1) is 11.6. The van der Waals surface area contributed by atoms with Crippen molar-refractivity contribution in [1.82, 2.24) is 0 Å². The molecule has 0 aliphatic carbocycles. The van der Waals surface area contributed by atoms with Crippen LogP contribution >= 0.6 is 0 Å². The highest BCUT2D eigenvalue weighted by molar-refractivity contribution is 5.23. The van der Waals surface area contributed by atoms with Gasteiger partial charge in [-0.1, -0.05) is 24.3 Å². The SMILES string of the molecule is C[N+]1(CCCc2cccc(CCC[N+]3(C)CCCC3)c2)CCCC1. The first-order valence-electron chi connectivity index (χ1n) is 10.3. The molecule has 3 rings (SSSR count). The summed E-state index contributed by atoms with van der Waals surface area (Å²) in [5, 5.41) is 0. The number of likely N-dealkylation sites (tertiary alicyclic amines) is 2. The summed E-state index contributed by atoms with van der Waals surface area (Å²) in [6, 6.07) is 9.43. The van der Waals surface area contributed by atoms with Crippen molar-refractivity contribution in [1.29, 1.82) is 0 Å². The van der Waals surface area contributed by atoms with Gasteiger partial charge in [0, 0.05) is 38.5 Å². The van der Waals surface area contributed by atoms with Gasteiger partial charge in [0.2, 0.25) is 0 Å². The lowest BCUT2D eigenvalue weighted by atomic mass is 10.0. The Hall–Kier alpha value is -0.860. The monoisotopic (exact) mass is 330 g/mol. The van der Waals surface area contributed by atoms with E-state index in [9.17, 15) is 0 Å². The molecule has 0 saturated carbocycles. The van der Waals surface area contributed by atoms with Gasteiger partial charge in [-0.15, -0.1) is 0 Å². The molecule has 0 radical (unpaired) electrons. The van der Waals surface area contributed by atoms with E-state index in [0.717, 1.165) is 0 Å². The first-order valence-corrected chi connectivity index (χ1v) is 10.3. The highest BCUT2D eigenvalue weighted by Crippen LogP contribution is 2.19. The predicted octanol–water partition coefficient (Wildman–Crippen LogP) is 4.03. The van der Waals surface area contributed by atoms with Crippen molar-refractivity contribution in [2.45, 2.75) is 51.4 Å². The topological polar surface area (TPSA) is 0 Å².